The summed E-state index contributed by atoms with van der Waals surface area (Å²) in [6.07, 6.45) is 0. The van der Waals surface area contributed by atoms with Crippen molar-refractivity contribution in [2.24, 2.45) is 0 Å². The van der Waals surface area contributed by atoms with Gasteiger partial charge in [0.1, 0.15) is 12.4 Å². The maximum absolute atomic E-state index is 13.6. The van der Waals surface area contributed by atoms with Crippen LogP contribution in [0.1, 0.15) is 21.6 Å². The minimum atomic E-state index is -0.681. The van der Waals surface area contributed by atoms with Crippen LogP contribution in [-0.4, -0.2) is 31.5 Å². The molecule has 0 N–H and O–H groups in total. The second-order valence-corrected chi connectivity index (χ2v) is 8.99. The number of nitrogens with zero attached hydrogens (tertiary/aromatic N) is 1. The fraction of sp³-hybridized carbons (Fsp3) is 0.185. The topological polar surface area (TPSA) is 85.2 Å². The summed E-state index contributed by atoms with van der Waals surface area (Å²) < 4.78 is 29.5. The molecule has 36 heavy (non-hydrogen) atoms. The summed E-state index contributed by atoms with van der Waals surface area (Å²) >= 11 is 3.46. The second kappa shape index (κ2) is 9.94. The maximum Gasteiger partial charge on any atom is 0.358 e. The molecule has 0 amide bonds. The molecule has 0 atom stereocenters. The van der Waals surface area contributed by atoms with E-state index in [1.54, 1.807) is 37.4 Å². The Hall–Kier alpha value is -3.98. The standard InChI is InChI=1S/C27H22BrNO7/c1-32-19-7-3-16(4-8-19)14-34-25-21-12-18(28)6-9-20(21)26(30)29(24(25)27(31)33-2)13-17-5-10-22-23(11-17)36-15-35-22/h3-12H,13-15H2,1-2H3. The van der Waals surface area contributed by atoms with Crippen molar-refractivity contribution in [2.75, 3.05) is 21.0 Å². The SMILES string of the molecule is COC(=O)c1c(OCc2ccc(OC)cc2)c2cc(Br)ccc2c(=O)n1Cc1ccc2c(c1)OCO2. The molecule has 1 aromatic heterocycles. The first-order chi connectivity index (χ1) is 17.5. The van der Waals surface area contributed by atoms with Crippen LogP contribution in [-0.2, 0) is 17.9 Å². The lowest BCUT2D eigenvalue weighted by Crippen LogP contribution is -2.28. The minimum Gasteiger partial charge on any atom is -0.497 e. The zero-order valence-corrected chi connectivity index (χ0v) is 21.2. The fourth-order valence-electron chi connectivity index (χ4n) is 4.08. The van der Waals surface area contributed by atoms with E-state index in [0.717, 1.165) is 21.3 Å². The quantitative estimate of drug-likeness (QED) is 0.301. The summed E-state index contributed by atoms with van der Waals surface area (Å²) in [4.78, 5) is 26.7. The highest BCUT2D eigenvalue weighted by Crippen LogP contribution is 2.35. The molecule has 1 aliphatic rings. The first-order valence-corrected chi connectivity index (χ1v) is 11.9. The maximum atomic E-state index is 13.6. The van der Waals surface area contributed by atoms with E-state index in [1.165, 1.54) is 11.7 Å². The molecule has 8 nitrogen and oxygen atoms in total. The lowest BCUT2D eigenvalue weighted by molar-refractivity contribution is 0.0581. The molecule has 9 heteroatoms. The smallest absolute Gasteiger partial charge is 0.358 e. The molecule has 0 aliphatic carbocycles. The highest BCUT2D eigenvalue weighted by atomic mass is 79.9. The van der Waals surface area contributed by atoms with Crippen molar-refractivity contribution in [1.29, 1.82) is 0 Å². The van der Waals surface area contributed by atoms with Gasteiger partial charge in [0, 0.05) is 9.86 Å². The Balaban J connectivity index is 1.64. The van der Waals surface area contributed by atoms with Gasteiger partial charge in [-0.1, -0.05) is 34.1 Å². The third kappa shape index (κ3) is 4.49. The van der Waals surface area contributed by atoms with Gasteiger partial charge in [0.15, 0.2) is 22.9 Å². The van der Waals surface area contributed by atoms with Gasteiger partial charge in [0.05, 0.1) is 26.2 Å². The normalized spacial score (nSPS) is 12.0. The highest BCUT2D eigenvalue weighted by Gasteiger charge is 2.25. The largest absolute Gasteiger partial charge is 0.497 e. The van der Waals surface area contributed by atoms with Gasteiger partial charge in [0.2, 0.25) is 6.79 Å². The van der Waals surface area contributed by atoms with Crippen LogP contribution in [0.15, 0.2) is 69.9 Å². The lowest BCUT2D eigenvalue weighted by atomic mass is 10.1. The third-order valence-corrected chi connectivity index (χ3v) is 6.38. The Labute approximate surface area is 215 Å². The molecule has 0 fully saturated rings. The van der Waals surface area contributed by atoms with Gasteiger partial charge in [-0.2, -0.15) is 0 Å². The van der Waals surface area contributed by atoms with Crippen LogP contribution in [0.5, 0.6) is 23.0 Å². The molecule has 3 aromatic carbocycles. The van der Waals surface area contributed by atoms with Crippen LogP contribution < -0.4 is 24.5 Å². The average molecular weight is 552 g/mol. The van der Waals surface area contributed by atoms with E-state index in [4.69, 9.17) is 23.7 Å². The van der Waals surface area contributed by atoms with Crippen molar-refractivity contribution in [1.82, 2.24) is 4.57 Å². The number of methoxy groups -OCH3 is 2. The fourth-order valence-corrected chi connectivity index (χ4v) is 4.44. The van der Waals surface area contributed by atoms with Crippen molar-refractivity contribution >= 4 is 32.7 Å². The summed E-state index contributed by atoms with van der Waals surface area (Å²) in [7, 11) is 2.87. The number of hydrogen-bond donors (Lipinski definition) is 0. The first kappa shape index (κ1) is 23.7. The molecule has 0 bridgehead atoms. The molecule has 1 aliphatic heterocycles. The molecule has 4 aromatic rings. The van der Waals surface area contributed by atoms with Crippen molar-refractivity contribution in [2.45, 2.75) is 13.2 Å². The molecule has 0 radical (unpaired) electrons. The predicted octanol–water partition coefficient (Wildman–Crippen LogP) is 4.92. The molecule has 0 spiro atoms. The zero-order valence-electron chi connectivity index (χ0n) is 19.6. The molecular formula is C27H22BrNO7. The Kier molecular flexibility index (Phi) is 6.56. The number of fused-ring (bicyclic) bond motifs is 2. The zero-order chi connectivity index (χ0) is 25.2. The van der Waals surface area contributed by atoms with Crippen LogP contribution in [0.4, 0.5) is 0 Å². The number of halogens is 1. The molecule has 0 saturated heterocycles. The van der Waals surface area contributed by atoms with Crippen molar-refractivity contribution < 1.29 is 28.5 Å². The van der Waals surface area contributed by atoms with Gasteiger partial charge >= 0.3 is 5.97 Å². The van der Waals surface area contributed by atoms with E-state index in [9.17, 15) is 9.59 Å². The summed E-state index contributed by atoms with van der Waals surface area (Å²) in [5.74, 6) is 1.52. The monoisotopic (exact) mass is 551 g/mol. The van der Waals surface area contributed by atoms with E-state index >= 15 is 0 Å². The van der Waals surface area contributed by atoms with Crippen molar-refractivity contribution in [3.8, 4) is 23.0 Å². The Morgan fingerprint density at radius 2 is 1.69 bits per heavy atom. The van der Waals surface area contributed by atoms with Gasteiger partial charge in [-0.15, -0.1) is 0 Å². The summed E-state index contributed by atoms with van der Waals surface area (Å²) in [6.45, 7) is 0.406. The number of hydrogen-bond acceptors (Lipinski definition) is 7. The van der Waals surface area contributed by atoms with Crippen LogP contribution in [0.3, 0.4) is 0 Å². The lowest BCUT2D eigenvalue weighted by Gasteiger charge is -2.19. The predicted molar refractivity (Wildman–Crippen MR) is 136 cm³/mol. The molecule has 184 valence electrons. The van der Waals surface area contributed by atoms with E-state index in [-0.39, 0.29) is 36.9 Å². The van der Waals surface area contributed by atoms with Crippen LogP contribution in [0, 0.1) is 0 Å². The third-order valence-electron chi connectivity index (χ3n) is 5.89. The number of aromatic nitrogens is 1. The molecule has 2 heterocycles. The van der Waals surface area contributed by atoms with Crippen LogP contribution >= 0.6 is 15.9 Å². The molecule has 5 rings (SSSR count). The van der Waals surface area contributed by atoms with Crippen molar-refractivity contribution in [3.05, 3.63) is 92.3 Å². The summed E-state index contributed by atoms with van der Waals surface area (Å²) in [5, 5.41) is 0.918. The van der Waals surface area contributed by atoms with E-state index in [1.807, 2.05) is 30.3 Å². The number of pyridine rings is 1. The van der Waals surface area contributed by atoms with Gasteiger partial charge < -0.3 is 23.7 Å². The number of benzene rings is 3. The van der Waals surface area contributed by atoms with E-state index in [0.29, 0.717) is 22.3 Å². The van der Waals surface area contributed by atoms with Crippen molar-refractivity contribution in [3.63, 3.8) is 0 Å². The Bertz CT molecular complexity index is 1510. The molecular weight excluding hydrogens is 530 g/mol. The summed E-state index contributed by atoms with van der Waals surface area (Å²) in [5.41, 5.74) is 1.30. The number of carbonyl (C=O) groups is 1. The van der Waals surface area contributed by atoms with E-state index in [2.05, 4.69) is 15.9 Å². The Morgan fingerprint density at radius 3 is 2.44 bits per heavy atom. The van der Waals surface area contributed by atoms with Gasteiger partial charge in [-0.05, 0) is 53.6 Å². The van der Waals surface area contributed by atoms with Crippen LogP contribution in [0.2, 0.25) is 0 Å². The van der Waals surface area contributed by atoms with E-state index < -0.39 is 5.97 Å². The van der Waals surface area contributed by atoms with Gasteiger partial charge in [0.25, 0.3) is 5.56 Å². The first-order valence-electron chi connectivity index (χ1n) is 11.1. The highest BCUT2D eigenvalue weighted by molar-refractivity contribution is 9.10. The number of ether oxygens (including phenoxy) is 5. The van der Waals surface area contributed by atoms with Gasteiger partial charge in [-0.3, -0.25) is 9.36 Å². The number of carbonyl (C=O) groups excluding carboxylic acids is 1. The summed E-state index contributed by atoms with van der Waals surface area (Å²) in [6, 6.07) is 18.0. The number of esters is 1. The van der Waals surface area contributed by atoms with Crippen LogP contribution in [0.25, 0.3) is 10.8 Å². The Morgan fingerprint density at radius 1 is 0.944 bits per heavy atom. The molecule has 0 unspecified atom stereocenters. The number of rotatable bonds is 7. The average Bonchev–Trinajstić information content (AvgIpc) is 3.37. The minimum absolute atomic E-state index is 0.0271. The second-order valence-electron chi connectivity index (χ2n) is 8.07. The molecule has 0 saturated carbocycles. The van der Waals surface area contributed by atoms with Gasteiger partial charge in [-0.25, -0.2) is 4.79 Å².